The third-order valence-electron chi connectivity index (χ3n) is 4.26. The molecule has 3 N–H and O–H groups in total. The van der Waals surface area contributed by atoms with Crippen LogP contribution in [0.25, 0.3) is 21.1 Å². The van der Waals surface area contributed by atoms with Crippen LogP contribution in [0.1, 0.15) is 16.1 Å². The highest BCUT2D eigenvalue weighted by atomic mass is 35.5. The number of aromatic carboxylic acids is 1. The van der Waals surface area contributed by atoms with E-state index in [1.54, 1.807) is 31.4 Å². The zero-order valence-corrected chi connectivity index (χ0v) is 16.1. The zero-order chi connectivity index (χ0) is 19.8. The number of H-pyrrole nitrogens is 1. The summed E-state index contributed by atoms with van der Waals surface area (Å²) < 4.78 is 6.07. The number of benzene rings is 2. The predicted octanol–water partition coefficient (Wildman–Crippen LogP) is 4.32. The SMILES string of the molecule is COc1ccc2nc(NC(=O)Cc3c(C(=O)O)[nH]c4ccc(Cl)cc34)sc2c1. The second kappa shape index (κ2) is 7.14. The van der Waals surface area contributed by atoms with Crippen molar-refractivity contribution in [3.8, 4) is 5.75 Å². The number of fused-ring (bicyclic) bond motifs is 2. The van der Waals surface area contributed by atoms with Crippen LogP contribution in [0.3, 0.4) is 0 Å². The molecule has 0 unspecified atom stereocenters. The van der Waals surface area contributed by atoms with E-state index in [1.807, 2.05) is 12.1 Å². The summed E-state index contributed by atoms with van der Waals surface area (Å²) in [5, 5.41) is 13.7. The van der Waals surface area contributed by atoms with Crippen molar-refractivity contribution in [2.75, 3.05) is 12.4 Å². The third-order valence-corrected chi connectivity index (χ3v) is 5.43. The Hall–Kier alpha value is -3.10. The Labute approximate surface area is 167 Å². The van der Waals surface area contributed by atoms with Crippen LogP contribution in [0.2, 0.25) is 5.02 Å². The summed E-state index contributed by atoms with van der Waals surface area (Å²) in [6, 6.07) is 10.4. The Kier molecular flexibility index (Phi) is 4.66. The van der Waals surface area contributed by atoms with Crippen molar-refractivity contribution < 1.29 is 19.4 Å². The number of aromatic nitrogens is 2. The van der Waals surface area contributed by atoms with E-state index in [9.17, 15) is 14.7 Å². The van der Waals surface area contributed by atoms with Crippen molar-refractivity contribution in [3.63, 3.8) is 0 Å². The highest BCUT2D eigenvalue weighted by Crippen LogP contribution is 2.30. The Bertz CT molecular complexity index is 1230. The lowest BCUT2D eigenvalue weighted by Gasteiger charge is -2.03. The maximum absolute atomic E-state index is 12.6. The predicted molar refractivity (Wildman–Crippen MR) is 109 cm³/mol. The summed E-state index contributed by atoms with van der Waals surface area (Å²) in [4.78, 5) is 31.4. The molecule has 0 radical (unpaired) electrons. The second-order valence-corrected chi connectivity index (χ2v) is 7.52. The molecule has 28 heavy (non-hydrogen) atoms. The fraction of sp³-hybridized carbons (Fsp3) is 0.105. The summed E-state index contributed by atoms with van der Waals surface area (Å²) in [5.74, 6) is -0.799. The van der Waals surface area contributed by atoms with Gasteiger partial charge in [-0.3, -0.25) is 4.79 Å². The van der Waals surface area contributed by atoms with Crippen molar-refractivity contribution in [1.29, 1.82) is 0 Å². The number of carboxylic acid groups (broad SMARTS) is 1. The number of carbonyl (C=O) groups is 2. The number of ether oxygens (including phenoxy) is 1. The summed E-state index contributed by atoms with van der Waals surface area (Å²) >= 11 is 7.35. The van der Waals surface area contributed by atoms with Crippen LogP contribution in [-0.2, 0) is 11.2 Å². The van der Waals surface area contributed by atoms with Crippen LogP contribution in [0, 0.1) is 0 Å². The molecule has 0 aliphatic heterocycles. The standard InChI is InChI=1S/C19H14ClN3O4S/c1-27-10-3-5-14-15(7-10)28-19(22-14)23-16(24)8-12-11-6-9(20)2-4-13(11)21-17(12)18(25)26/h2-7,21H,8H2,1H3,(H,25,26)(H,22,23,24). The Balaban J connectivity index is 1.62. The number of thiazole rings is 1. The van der Waals surface area contributed by atoms with Gasteiger partial charge in [-0.05, 0) is 36.4 Å². The minimum atomic E-state index is -1.14. The summed E-state index contributed by atoms with van der Waals surface area (Å²) in [7, 11) is 1.58. The molecular formula is C19H14ClN3O4S. The minimum Gasteiger partial charge on any atom is -0.497 e. The van der Waals surface area contributed by atoms with Crippen LogP contribution < -0.4 is 10.1 Å². The number of halogens is 1. The number of hydrogen-bond donors (Lipinski definition) is 3. The largest absolute Gasteiger partial charge is 0.497 e. The van der Waals surface area contributed by atoms with Gasteiger partial charge in [0.05, 0.1) is 23.7 Å². The van der Waals surface area contributed by atoms with Gasteiger partial charge in [0.2, 0.25) is 5.91 Å². The van der Waals surface area contributed by atoms with Crippen molar-refractivity contribution >= 4 is 61.1 Å². The number of nitrogens with one attached hydrogen (secondary N) is 2. The number of anilines is 1. The molecule has 4 rings (SSSR count). The van der Waals surface area contributed by atoms with Crippen LogP contribution in [0.5, 0.6) is 5.75 Å². The van der Waals surface area contributed by atoms with E-state index in [4.69, 9.17) is 16.3 Å². The molecule has 0 saturated heterocycles. The van der Waals surface area contributed by atoms with Gasteiger partial charge in [-0.2, -0.15) is 0 Å². The topological polar surface area (TPSA) is 104 Å². The number of rotatable bonds is 5. The molecular weight excluding hydrogens is 402 g/mol. The van der Waals surface area contributed by atoms with Gasteiger partial charge in [-0.1, -0.05) is 22.9 Å². The molecule has 0 fully saturated rings. The highest BCUT2D eigenvalue weighted by molar-refractivity contribution is 7.22. The zero-order valence-electron chi connectivity index (χ0n) is 14.6. The summed E-state index contributed by atoms with van der Waals surface area (Å²) in [5.41, 5.74) is 1.70. The first kappa shape index (κ1) is 18.3. The van der Waals surface area contributed by atoms with E-state index in [1.165, 1.54) is 11.3 Å². The third kappa shape index (κ3) is 3.39. The fourth-order valence-corrected chi connectivity index (χ4v) is 4.08. The smallest absolute Gasteiger partial charge is 0.352 e. The van der Waals surface area contributed by atoms with Crippen LogP contribution >= 0.6 is 22.9 Å². The Morgan fingerprint density at radius 2 is 2.11 bits per heavy atom. The van der Waals surface area contributed by atoms with Gasteiger partial charge in [0.15, 0.2) is 5.13 Å². The molecule has 7 nitrogen and oxygen atoms in total. The van der Waals surface area contributed by atoms with Gasteiger partial charge in [0, 0.05) is 21.5 Å². The maximum Gasteiger partial charge on any atom is 0.352 e. The molecule has 0 aliphatic carbocycles. The van der Waals surface area contributed by atoms with E-state index in [2.05, 4.69) is 15.3 Å². The van der Waals surface area contributed by atoms with Crippen LogP contribution in [0.15, 0.2) is 36.4 Å². The molecule has 0 spiro atoms. The summed E-state index contributed by atoms with van der Waals surface area (Å²) in [6.45, 7) is 0. The molecule has 0 saturated carbocycles. The second-order valence-electron chi connectivity index (χ2n) is 6.05. The lowest BCUT2D eigenvalue weighted by Crippen LogP contribution is -2.16. The number of amides is 1. The molecule has 2 aromatic heterocycles. The van der Waals surface area contributed by atoms with Gasteiger partial charge < -0.3 is 20.1 Å². The summed E-state index contributed by atoms with van der Waals surface area (Å²) in [6.07, 6.45) is -0.124. The van der Waals surface area contributed by atoms with Crippen molar-refractivity contribution in [2.45, 2.75) is 6.42 Å². The lowest BCUT2D eigenvalue weighted by atomic mass is 10.1. The van der Waals surface area contributed by atoms with Gasteiger partial charge in [-0.25, -0.2) is 9.78 Å². The molecule has 9 heteroatoms. The molecule has 0 atom stereocenters. The quantitative estimate of drug-likeness (QED) is 0.450. The normalized spacial score (nSPS) is 11.1. The van der Waals surface area contributed by atoms with Gasteiger partial charge in [-0.15, -0.1) is 0 Å². The number of nitrogens with zero attached hydrogens (tertiary/aromatic N) is 1. The van der Waals surface area contributed by atoms with Crippen molar-refractivity contribution in [1.82, 2.24) is 9.97 Å². The molecule has 0 aliphatic rings. The number of methoxy groups -OCH3 is 1. The number of aromatic amines is 1. The van der Waals surface area contributed by atoms with Gasteiger partial charge in [0.1, 0.15) is 11.4 Å². The van der Waals surface area contributed by atoms with E-state index in [0.29, 0.717) is 32.4 Å². The Morgan fingerprint density at radius 3 is 2.86 bits per heavy atom. The average Bonchev–Trinajstić information content (AvgIpc) is 3.21. The highest BCUT2D eigenvalue weighted by Gasteiger charge is 2.20. The van der Waals surface area contributed by atoms with Crippen molar-refractivity contribution in [3.05, 3.63) is 52.7 Å². The van der Waals surface area contributed by atoms with Gasteiger partial charge in [0.25, 0.3) is 0 Å². The number of carbonyl (C=O) groups excluding carboxylic acids is 1. The van der Waals surface area contributed by atoms with E-state index in [0.717, 1.165) is 10.2 Å². The first-order valence-corrected chi connectivity index (χ1v) is 9.42. The lowest BCUT2D eigenvalue weighted by molar-refractivity contribution is -0.115. The number of hydrogen-bond acceptors (Lipinski definition) is 5. The first-order chi connectivity index (χ1) is 13.4. The fourth-order valence-electron chi connectivity index (χ4n) is 3.00. The van der Waals surface area contributed by atoms with Crippen molar-refractivity contribution in [2.24, 2.45) is 0 Å². The van der Waals surface area contributed by atoms with Crippen LogP contribution in [-0.4, -0.2) is 34.1 Å². The van der Waals surface area contributed by atoms with E-state index >= 15 is 0 Å². The molecule has 142 valence electrons. The van der Waals surface area contributed by atoms with E-state index < -0.39 is 5.97 Å². The van der Waals surface area contributed by atoms with Crippen LogP contribution in [0.4, 0.5) is 5.13 Å². The molecule has 2 aromatic carbocycles. The molecule has 1 amide bonds. The molecule has 2 heterocycles. The Morgan fingerprint density at radius 1 is 1.29 bits per heavy atom. The number of carboxylic acids is 1. The monoisotopic (exact) mass is 415 g/mol. The van der Waals surface area contributed by atoms with Gasteiger partial charge >= 0.3 is 5.97 Å². The molecule has 4 aromatic rings. The van der Waals surface area contributed by atoms with E-state index in [-0.39, 0.29) is 18.0 Å². The maximum atomic E-state index is 12.6. The molecule has 0 bridgehead atoms. The average molecular weight is 416 g/mol. The first-order valence-electron chi connectivity index (χ1n) is 8.22. The minimum absolute atomic E-state index is 0.0264.